The third-order valence-corrected chi connectivity index (χ3v) is 6.42. The Morgan fingerprint density at radius 2 is 1.57 bits per heavy atom. The molecular weight excluding hydrogens is 402 g/mol. The van der Waals surface area contributed by atoms with E-state index in [1.807, 2.05) is 13.8 Å². The lowest BCUT2D eigenvalue weighted by Gasteiger charge is -2.31. The van der Waals surface area contributed by atoms with E-state index in [1.165, 1.54) is 12.1 Å². The number of hydrogen-bond acceptors (Lipinski definition) is 4. The highest BCUT2D eigenvalue weighted by molar-refractivity contribution is 7.92. The zero-order valence-electron chi connectivity index (χ0n) is 17.2. The molecule has 2 aromatic carbocycles. The van der Waals surface area contributed by atoms with Gasteiger partial charge in [0.2, 0.25) is 5.91 Å². The topological polar surface area (TPSA) is 95.6 Å². The maximum atomic E-state index is 12.8. The highest BCUT2D eigenvalue weighted by Gasteiger charge is 2.28. The lowest BCUT2D eigenvalue weighted by Crippen LogP contribution is -2.44. The van der Waals surface area contributed by atoms with Crippen LogP contribution in [0.25, 0.3) is 0 Å². The zero-order valence-corrected chi connectivity index (χ0v) is 18.0. The second kappa shape index (κ2) is 9.30. The van der Waals surface area contributed by atoms with Gasteiger partial charge in [-0.2, -0.15) is 0 Å². The molecule has 1 heterocycles. The van der Waals surface area contributed by atoms with Crippen LogP contribution in [0.2, 0.25) is 0 Å². The van der Waals surface area contributed by atoms with Gasteiger partial charge in [-0.05, 0) is 63.1 Å². The summed E-state index contributed by atoms with van der Waals surface area (Å²) in [5, 5.41) is 2.93. The van der Waals surface area contributed by atoms with E-state index >= 15 is 0 Å². The minimum Gasteiger partial charge on any atom is -0.354 e. The molecule has 2 amide bonds. The first-order valence-electron chi connectivity index (χ1n) is 10.0. The Bertz CT molecular complexity index is 981. The molecule has 0 bridgehead atoms. The second-order valence-corrected chi connectivity index (χ2v) is 9.41. The molecule has 0 radical (unpaired) electrons. The van der Waals surface area contributed by atoms with Crippen LogP contribution in [-0.4, -0.2) is 44.3 Å². The SMILES string of the molecule is CC(C)NC(=O)C1CCN(C(=O)c2ccc(NS(=O)(=O)c3ccccc3)cc2)CC1. The van der Waals surface area contributed by atoms with Gasteiger partial charge in [-0.3, -0.25) is 14.3 Å². The lowest BCUT2D eigenvalue weighted by molar-refractivity contribution is -0.126. The second-order valence-electron chi connectivity index (χ2n) is 7.73. The standard InChI is InChI=1S/C22H27N3O4S/c1-16(2)23-21(26)17-12-14-25(15-13-17)22(27)18-8-10-19(11-9-18)24-30(28,29)20-6-4-3-5-7-20/h3-11,16-17,24H,12-15H2,1-2H3,(H,23,26). The molecule has 1 aliphatic rings. The summed E-state index contributed by atoms with van der Waals surface area (Å²) in [4.78, 5) is 26.8. The van der Waals surface area contributed by atoms with E-state index in [2.05, 4.69) is 10.0 Å². The van der Waals surface area contributed by atoms with E-state index in [1.54, 1.807) is 47.4 Å². The molecule has 8 heteroatoms. The van der Waals surface area contributed by atoms with Crippen molar-refractivity contribution < 1.29 is 18.0 Å². The summed E-state index contributed by atoms with van der Waals surface area (Å²) in [7, 11) is -3.67. The number of nitrogens with zero attached hydrogens (tertiary/aromatic N) is 1. The first kappa shape index (κ1) is 21.8. The van der Waals surface area contributed by atoms with Crippen LogP contribution in [0, 0.1) is 5.92 Å². The van der Waals surface area contributed by atoms with Crippen LogP contribution in [0.1, 0.15) is 37.0 Å². The number of benzene rings is 2. The summed E-state index contributed by atoms with van der Waals surface area (Å²) in [5.41, 5.74) is 0.877. The minimum absolute atomic E-state index is 0.0483. The van der Waals surface area contributed by atoms with Crippen molar-refractivity contribution in [2.24, 2.45) is 5.92 Å². The number of amides is 2. The number of carbonyl (C=O) groups excluding carboxylic acids is 2. The van der Waals surface area contributed by atoms with Crippen molar-refractivity contribution in [1.82, 2.24) is 10.2 Å². The highest BCUT2D eigenvalue weighted by atomic mass is 32.2. The molecule has 7 nitrogen and oxygen atoms in total. The third-order valence-electron chi connectivity index (χ3n) is 5.02. The van der Waals surface area contributed by atoms with Gasteiger partial charge >= 0.3 is 0 Å². The first-order valence-corrected chi connectivity index (χ1v) is 11.5. The fourth-order valence-electron chi connectivity index (χ4n) is 3.42. The fraction of sp³-hybridized carbons (Fsp3) is 0.364. The molecule has 0 aliphatic carbocycles. The Morgan fingerprint density at radius 3 is 2.13 bits per heavy atom. The van der Waals surface area contributed by atoms with Gasteiger partial charge in [0.05, 0.1) is 4.90 Å². The van der Waals surface area contributed by atoms with Crippen molar-refractivity contribution in [3.05, 3.63) is 60.2 Å². The smallest absolute Gasteiger partial charge is 0.261 e. The zero-order chi connectivity index (χ0) is 21.7. The van der Waals surface area contributed by atoms with Crippen LogP contribution >= 0.6 is 0 Å². The summed E-state index contributed by atoms with van der Waals surface area (Å²) >= 11 is 0. The number of likely N-dealkylation sites (tertiary alicyclic amines) is 1. The van der Waals surface area contributed by atoms with Gasteiger partial charge in [0.15, 0.2) is 0 Å². The predicted molar refractivity (Wildman–Crippen MR) is 116 cm³/mol. The summed E-state index contributed by atoms with van der Waals surface area (Å²) < 4.78 is 27.3. The average Bonchev–Trinajstić information content (AvgIpc) is 2.74. The molecule has 0 spiro atoms. The summed E-state index contributed by atoms with van der Waals surface area (Å²) in [6.07, 6.45) is 1.28. The number of hydrogen-bond donors (Lipinski definition) is 2. The molecule has 1 saturated heterocycles. The van der Waals surface area contributed by atoms with Crippen LogP contribution in [0.5, 0.6) is 0 Å². The van der Waals surface area contributed by atoms with Crippen molar-refractivity contribution in [1.29, 1.82) is 0 Å². The molecule has 2 aromatic rings. The van der Waals surface area contributed by atoms with Gasteiger partial charge in [0, 0.05) is 36.3 Å². The summed E-state index contributed by atoms with van der Waals surface area (Å²) in [6.45, 7) is 4.91. The third kappa shape index (κ3) is 5.38. The molecule has 160 valence electrons. The quantitative estimate of drug-likeness (QED) is 0.738. The van der Waals surface area contributed by atoms with Gasteiger partial charge in [0.1, 0.15) is 0 Å². The van der Waals surface area contributed by atoms with Gasteiger partial charge < -0.3 is 10.2 Å². The number of anilines is 1. The van der Waals surface area contributed by atoms with E-state index in [0.717, 1.165) is 0 Å². The van der Waals surface area contributed by atoms with Gasteiger partial charge in [-0.25, -0.2) is 8.42 Å². The van der Waals surface area contributed by atoms with Crippen molar-refractivity contribution in [3.63, 3.8) is 0 Å². The number of piperidine rings is 1. The Balaban J connectivity index is 1.59. The Hall–Kier alpha value is -2.87. The van der Waals surface area contributed by atoms with E-state index in [9.17, 15) is 18.0 Å². The number of sulfonamides is 1. The van der Waals surface area contributed by atoms with E-state index < -0.39 is 10.0 Å². The Kier molecular flexibility index (Phi) is 6.77. The number of rotatable bonds is 6. The molecule has 1 aliphatic heterocycles. The van der Waals surface area contributed by atoms with Crippen LogP contribution in [0.4, 0.5) is 5.69 Å². The van der Waals surface area contributed by atoms with Crippen molar-refractivity contribution >= 4 is 27.5 Å². The normalized spacial score (nSPS) is 15.1. The molecule has 0 saturated carbocycles. The van der Waals surface area contributed by atoms with Crippen LogP contribution < -0.4 is 10.0 Å². The number of carbonyl (C=O) groups is 2. The molecule has 1 fully saturated rings. The van der Waals surface area contributed by atoms with Gasteiger partial charge in [-0.15, -0.1) is 0 Å². The average molecular weight is 430 g/mol. The molecule has 0 atom stereocenters. The van der Waals surface area contributed by atoms with E-state index in [0.29, 0.717) is 37.2 Å². The van der Waals surface area contributed by atoms with Crippen molar-refractivity contribution in [2.45, 2.75) is 37.6 Å². The molecular formula is C22H27N3O4S. The monoisotopic (exact) mass is 429 g/mol. The maximum Gasteiger partial charge on any atom is 0.261 e. The molecule has 30 heavy (non-hydrogen) atoms. The molecule has 0 unspecified atom stereocenters. The van der Waals surface area contributed by atoms with Crippen LogP contribution in [0.15, 0.2) is 59.5 Å². The molecule has 3 rings (SSSR count). The molecule has 0 aromatic heterocycles. The van der Waals surface area contributed by atoms with Crippen LogP contribution in [0.3, 0.4) is 0 Å². The highest BCUT2D eigenvalue weighted by Crippen LogP contribution is 2.21. The van der Waals surface area contributed by atoms with E-state index in [4.69, 9.17) is 0 Å². The van der Waals surface area contributed by atoms with Crippen LogP contribution in [-0.2, 0) is 14.8 Å². The van der Waals surface area contributed by atoms with Gasteiger partial charge in [0.25, 0.3) is 15.9 Å². The first-order chi connectivity index (χ1) is 14.3. The summed E-state index contributed by atoms with van der Waals surface area (Å²) in [5.74, 6) is -0.131. The summed E-state index contributed by atoms with van der Waals surface area (Å²) in [6, 6.07) is 14.6. The Morgan fingerprint density at radius 1 is 0.967 bits per heavy atom. The lowest BCUT2D eigenvalue weighted by atomic mass is 9.95. The van der Waals surface area contributed by atoms with Crippen molar-refractivity contribution in [3.8, 4) is 0 Å². The number of nitrogens with one attached hydrogen (secondary N) is 2. The predicted octanol–water partition coefficient (Wildman–Crippen LogP) is 2.86. The van der Waals surface area contributed by atoms with Crippen molar-refractivity contribution in [2.75, 3.05) is 17.8 Å². The largest absolute Gasteiger partial charge is 0.354 e. The Labute approximate surface area is 177 Å². The molecule has 2 N–H and O–H groups in total. The fourth-order valence-corrected chi connectivity index (χ4v) is 4.50. The van der Waals surface area contributed by atoms with Gasteiger partial charge in [-0.1, -0.05) is 18.2 Å². The van der Waals surface area contributed by atoms with E-state index in [-0.39, 0.29) is 28.7 Å². The minimum atomic E-state index is -3.67. The maximum absolute atomic E-state index is 12.8.